The quantitative estimate of drug-likeness (QED) is 0.872. The fraction of sp³-hybridized carbons (Fsp3) is 0.714. The summed E-state index contributed by atoms with van der Waals surface area (Å²) in [6.45, 7) is 3.19. The third-order valence-electron chi connectivity index (χ3n) is 4.21. The molecule has 1 fully saturated rings. The number of hydrogen-bond acceptors (Lipinski definition) is 2. The Kier molecular flexibility index (Phi) is 5.07. The van der Waals surface area contributed by atoms with Crippen molar-refractivity contribution < 1.29 is 0 Å². The molecule has 1 aliphatic carbocycles. The Labute approximate surface area is 117 Å². The van der Waals surface area contributed by atoms with Crippen molar-refractivity contribution in [2.75, 3.05) is 6.54 Å². The first-order valence-electron chi connectivity index (χ1n) is 6.65. The van der Waals surface area contributed by atoms with Gasteiger partial charge >= 0.3 is 0 Å². The van der Waals surface area contributed by atoms with Gasteiger partial charge in [-0.2, -0.15) is 0 Å². The molecule has 1 aliphatic rings. The van der Waals surface area contributed by atoms with Gasteiger partial charge in [-0.1, -0.05) is 19.8 Å². The van der Waals surface area contributed by atoms with E-state index < -0.39 is 0 Å². The summed E-state index contributed by atoms with van der Waals surface area (Å²) in [4.78, 5) is 1.51. The summed E-state index contributed by atoms with van der Waals surface area (Å²) in [6, 6.07) is 2.27. The van der Waals surface area contributed by atoms with Crippen molar-refractivity contribution >= 4 is 27.3 Å². The molecule has 0 saturated heterocycles. The summed E-state index contributed by atoms with van der Waals surface area (Å²) in [5, 5.41) is 2.19. The maximum Gasteiger partial charge on any atom is 0.0285 e. The van der Waals surface area contributed by atoms with Gasteiger partial charge in [-0.3, -0.25) is 0 Å². The Bertz CT molecular complexity index is 350. The molecule has 3 heteroatoms. The fourth-order valence-corrected chi connectivity index (χ4v) is 4.62. The lowest BCUT2D eigenvalue weighted by molar-refractivity contribution is 0.180. The van der Waals surface area contributed by atoms with E-state index in [2.05, 4.69) is 34.3 Å². The number of rotatable bonds is 4. The molecular formula is C14H22BrNS. The molecule has 1 aromatic heterocycles. The second-order valence-corrected chi connectivity index (χ2v) is 7.19. The van der Waals surface area contributed by atoms with Crippen molar-refractivity contribution in [3.05, 3.63) is 20.8 Å². The first-order valence-corrected chi connectivity index (χ1v) is 8.33. The number of nitrogens with two attached hydrogens (primary N) is 1. The summed E-state index contributed by atoms with van der Waals surface area (Å²) >= 11 is 5.42. The SMILES string of the molecule is CCC1CCC(CN)C(Cc2cc(Br)cs2)C1. The maximum atomic E-state index is 5.93. The summed E-state index contributed by atoms with van der Waals surface area (Å²) in [6.07, 6.45) is 6.68. The van der Waals surface area contributed by atoms with Crippen LogP contribution in [-0.2, 0) is 6.42 Å². The molecule has 2 rings (SSSR count). The molecular weight excluding hydrogens is 294 g/mol. The minimum atomic E-state index is 0.749. The Balaban J connectivity index is 2.00. The minimum absolute atomic E-state index is 0.749. The first kappa shape index (κ1) is 13.6. The highest BCUT2D eigenvalue weighted by atomic mass is 79.9. The molecule has 0 amide bonds. The van der Waals surface area contributed by atoms with Crippen LogP contribution < -0.4 is 5.73 Å². The van der Waals surface area contributed by atoms with Gasteiger partial charge in [0.25, 0.3) is 0 Å². The summed E-state index contributed by atoms with van der Waals surface area (Å²) < 4.78 is 1.23. The smallest absolute Gasteiger partial charge is 0.0285 e. The normalized spacial score (nSPS) is 29.5. The molecule has 0 aliphatic heterocycles. The standard InChI is InChI=1S/C14H22BrNS/c1-2-10-3-4-11(8-16)12(5-10)6-14-7-13(15)9-17-14/h7,9-12H,2-6,8,16H2,1H3. The Morgan fingerprint density at radius 2 is 2.24 bits per heavy atom. The molecule has 1 aromatic rings. The Morgan fingerprint density at radius 3 is 2.82 bits per heavy atom. The van der Waals surface area contributed by atoms with Crippen molar-refractivity contribution in [1.29, 1.82) is 0 Å². The van der Waals surface area contributed by atoms with Gasteiger partial charge in [-0.15, -0.1) is 11.3 Å². The summed E-state index contributed by atoms with van der Waals surface area (Å²) in [5.41, 5.74) is 5.93. The van der Waals surface area contributed by atoms with Gasteiger partial charge in [0.2, 0.25) is 0 Å². The van der Waals surface area contributed by atoms with Crippen LogP contribution in [0.5, 0.6) is 0 Å². The van der Waals surface area contributed by atoms with Gasteiger partial charge in [-0.05, 0) is 65.6 Å². The largest absolute Gasteiger partial charge is 0.330 e. The lowest BCUT2D eigenvalue weighted by atomic mass is 9.72. The molecule has 96 valence electrons. The van der Waals surface area contributed by atoms with E-state index in [4.69, 9.17) is 5.73 Å². The molecule has 0 aromatic carbocycles. The van der Waals surface area contributed by atoms with Crippen LogP contribution in [0.2, 0.25) is 0 Å². The van der Waals surface area contributed by atoms with E-state index in [1.54, 1.807) is 0 Å². The van der Waals surface area contributed by atoms with Crippen molar-refractivity contribution in [2.24, 2.45) is 23.5 Å². The Hall–Kier alpha value is 0.140. The topological polar surface area (TPSA) is 26.0 Å². The van der Waals surface area contributed by atoms with Crippen LogP contribution in [-0.4, -0.2) is 6.54 Å². The van der Waals surface area contributed by atoms with Crippen LogP contribution in [0, 0.1) is 17.8 Å². The van der Waals surface area contributed by atoms with Crippen molar-refractivity contribution in [3.63, 3.8) is 0 Å². The average molecular weight is 316 g/mol. The third kappa shape index (κ3) is 3.55. The number of halogens is 1. The zero-order valence-electron chi connectivity index (χ0n) is 10.5. The fourth-order valence-electron chi connectivity index (χ4n) is 3.07. The van der Waals surface area contributed by atoms with Crippen molar-refractivity contribution in [1.82, 2.24) is 0 Å². The predicted octanol–water partition coefficient (Wildman–Crippen LogP) is 4.45. The highest BCUT2D eigenvalue weighted by Gasteiger charge is 2.29. The van der Waals surface area contributed by atoms with E-state index in [9.17, 15) is 0 Å². The van der Waals surface area contributed by atoms with Crippen LogP contribution in [0.25, 0.3) is 0 Å². The van der Waals surface area contributed by atoms with Gasteiger partial charge in [0.1, 0.15) is 0 Å². The lowest BCUT2D eigenvalue weighted by Gasteiger charge is -2.35. The highest BCUT2D eigenvalue weighted by Crippen LogP contribution is 2.38. The average Bonchev–Trinajstić information content (AvgIpc) is 2.74. The second kappa shape index (κ2) is 6.35. The van der Waals surface area contributed by atoms with E-state index >= 15 is 0 Å². The van der Waals surface area contributed by atoms with Crippen LogP contribution >= 0.6 is 27.3 Å². The molecule has 0 bridgehead atoms. The second-order valence-electron chi connectivity index (χ2n) is 5.28. The summed E-state index contributed by atoms with van der Waals surface area (Å²) in [5.74, 6) is 2.49. The number of hydrogen-bond donors (Lipinski definition) is 1. The lowest BCUT2D eigenvalue weighted by Crippen LogP contribution is -2.31. The summed E-state index contributed by atoms with van der Waals surface area (Å²) in [7, 11) is 0. The monoisotopic (exact) mass is 315 g/mol. The molecule has 17 heavy (non-hydrogen) atoms. The third-order valence-corrected chi connectivity index (χ3v) is 5.93. The molecule has 3 unspecified atom stereocenters. The Morgan fingerprint density at radius 1 is 1.41 bits per heavy atom. The van der Waals surface area contributed by atoms with Gasteiger partial charge < -0.3 is 5.73 Å². The van der Waals surface area contributed by atoms with Gasteiger partial charge in [-0.25, -0.2) is 0 Å². The molecule has 1 heterocycles. The van der Waals surface area contributed by atoms with E-state index in [1.807, 2.05) is 11.3 Å². The van der Waals surface area contributed by atoms with Crippen molar-refractivity contribution in [3.8, 4) is 0 Å². The zero-order valence-corrected chi connectivity index (χ0v) is 12.9. The molecule has 2 N–H and O–H groups in total. The van der Waals surface area contributed by atoms with E-state index in [-0.39, 0.29) is 0 Å². The molecule has 1 nitrogen and oxygen atoms in total. The van der Waals surface area contributed by atoms with E-state index in [0.29, 0.717) is 0 Å². The molecule has 0 spiro atoms. The van der Waals surface area contributed by atoms with Gasteiger partial charge in [0.15, 0.2) is 0 Å². The van der Waals surface area contributed by atoms with E-state index in [1.165, 1.54) is 41.5 Å². The van der Waals surface area contributed by atoms with Gasteiger partial charge in [0, 0.05) is 14.7 Å². The highest BCUT2D eigenvalue weighted by molar-refractivity contribution is 9.10. The van der Waals surface area contributed by atoms with Crippen LogP contribution in [0.1, 0.15) is 37.5 Å². The maximum absolute atomic E-state index is 5.93. The first-order chi connectivity index (χ1) is 8.22. The van der Waals surface area contributed by atoms with Crippen LogP contribution in [0.15, 0.2) is 15.9 Å². The van der Waals surface area contributed by atoms with E-state index in [0.717, 1.165) is 24.3 Å². The predicted molar refractivity (Wildman–Crippen MR) is 79.4 cm³/mol. The molecule has 1 saturated carbocycles. The van der Waals surface area contributed by atoms with Crippen LogP contribution in [0.3, 0.4) is 0 Å². The van der Waals surface area contributed by atoms with Gasteiger partial charge in [0.05, 0.1) is 0 Å². The van der Waals surface area contributed by atoms with Crippen LogP contribution in [0.4, 0.5) is 0 Å². The number of thiophene rings is 1. The minimum Gasteiger partial charge on any atom is -0.330 e. The molecule has 3 atom stereocenters. The molecule has 0 radical (unpaired) electrons. The zero-order chi connectivity index (χ0) is 12.3. The van der Waals surface area contributed by atoms with Crippen molar-refractivity contribution in [2.45, 2.75) is 39.0 Å².